The average molecular weight is 1780 g/mol. The van der Waals surface area contributed by atoms with Crippen molar-refractivity contribution in [2.75, 3.05) is 5.09 Å². The van der Waals surface area contributed by atoms with Crippen molar-refractivity contribution in [1.82, 2.24) is 0 Å². The van der Waals surface area contributed by atoms with E-state index >= 15 is 0 Å². The summed E-state index contributed by atoms with van der Waals surface area (Å²) in [7, 11) is -4.09. The largest absolute Gasteiger partial charge is 4.00 e. The van der Waals surface area contributed by atoms with E-state index in [1.165, 1.54) is 91.4 Å². The van der Waals surface area contributed by atoms with Crippen molar-refractivity contribution >= 4 is 52.0 Å². The molecule has 2 aliphatic rings. The number of anilines is 1. The van der Waals surface area contributed by atoms with Crippen LogP contribution in [0.15, 0.2) is 429 Å². The van der Waals surface area contributed by atoms with Gasteiger partial charge in [-0.1, -0.05) is 329 Å². The number of allylic oxidation sites excluding steroid dienone is 4. The van der Waals surface area contributed by atoms with Gasteiger partial charge in [-0.25, -0.2) is 0 Å². The molecule has 1 N–H and O–H groups in total. The number of hydrogen-bond acceptors (Lipinski definition) is 2. The zero-order chi connectivity index (χ0) is 84.6. The van der Waals surface area contributed by atoms with Crippen molar-refractivity contribution < 1.29 is 52.4 Å². The van der Waals surface area contributed by atoms with Gasteiger partial charge < -0.3 is 12.5 Å². The number of benzene rings is 14. The Kier molecular flexibility index (Phi) is 49.3. The van der Waals surface area contributed by atoms with Crippen LogP contribution in [-0.4, -0.2) is 11.0 Å². The summed E-state index contributed by atoms with van der Waals surface area (Å²) in [5.41, 5.74) is 17.6. The maximum absolute atomic E-state index is 5.97. The SMILES string of the molecule is CC(C)c1cccc(C(C)C)c1N=P(c1ccccc1)(c1ccccc1)C1CCCC1.CC(C)c1cccc(C(C)C)c1NP(=C1C=CC=C1)(c1ccccc1)c1ccccc1.Cc1ccccc1.[CH2-]c1ccccc1.[CH2-]c1ccccc1.[CH2-]c1ccccc1.[CH2-]c1ccccc1.[CH2-]c1ccccc1.[CH2-]c1ccccc1.[CH2-]c1ccccc1.[CH3-].[Zr+4].[Zr+4]. The van der Waals surface area contributed by atoms with Crippen LogP contribution in [-0.2, 0) is 52.4 Å². The van der Waals surface area contributed by atoms with Gasteiger partial charge in [0.25, 0.3) is 0 Å². The van der Waals surface area contributed by atoms with Crippen LogP contribution < -0.4 is 26.3 Å². The molecule has 616 valence electrons. The van der Waals surface area contributed by atoms with E-state index in [4.69, 9.17) is 4.74 Å². The van der Waals surface area contributed by atoms with Crippen molar-refractivity contribution in [2.24, 2.45) is 4.74 Å². The Morgan fingerprint density at radius 2 is 0.496 bits per heavy atom. The van der Waals surface area contributed by atoms with E-state index in [0.717, 1.165) is 38.9 Å². The van der Waals surface area contributed by atoms with Crippen LogP contribution in [0.4, 0.5) is 11.4 Å². The van der Waals surface area contributed by atoms with Gasteiger partial charge in [-0.05, 0) is 92.2 Å². The Bertz CT molecular complexity index is 4570. The van der Waals surface area contributed by atoms with Crippen LogP contribution in [0.3, 0.4) is 0 Å². The zero-order valence-electron chi connectivity index (χ0n) is 73.4. The van der Waals surface area contributed by atoms with E-state index < -0.39 is 14.1 Å². The van der Waals surface area contributed by atoms with Gasteiger partial charge in [0.2, 0.25) is 0 Å². The van der Waals surface area contributed by atoms with Crippen molar-refractivity contribution in [3.05, 3.63) is 547 Å². The molecule has 16 rings (SSSR count). The summed E-state index contributed by atoms with van der Waals surface area (Å²) in [6.45, 7) is 46.5. The minimum Gasteiger partial charge on any atom is -0.358 e. The minimum absolute atomic E-state index is 0. The molecule has 1 fully saturated rings. The van der Waals surface area contributed by atoms with E-state index in [0.29, 0.717) is 29.3 Å². The van der Waals surface area contributed by atoms with E-state index in [1.807, 2.05) is 231 Å². The molecular weight excluding hydrogens is 1650 g/mol. The Morgan fingerprint density at radius 1 is 0.281 bits per heavy atom. The minimum atomic E-state index is -2.11. The predicted octanol–water partition coefficient (Wildman–Crippen LogP) is 31.1. The van der Waals surface area contributed by atoms with Crippen molar-refractivity contribution in [2.45, 2.75) is 117 Å². The second-order valence-electron chi connectivity index (χ2n) is 30.3. The van der Waals surface area contributed by atoms with Gasteiger partial charge in [-0.3, -0.25) is 4.74 Å². The molecule has 14 aromatic carbocycles. The Labute approximate surface area is 772 Å². The van der Waals surface area contributed by atoms with Gasteiger partial charge in [0, 0.05) is 25.4 Å². The summed E-state index contributed by atoms with van der Waals surface area (Å²) in [6.07, 6.45) is 14.1. The van der Waals surface area contributed by atoms with Crippen LogP contribution in [0.25, 0.3) is 0 Å². The van der Waals surface area contributed by atoms with Crippen LogP contribution >= 0.6 is 14.1 Å². The molecule has 0 spiro atoms. The molecule has 6 heteroatoms. The molecule has 0 heterocycles. The molecule has 2 nitrogen and oxygen atoms in total. The first-order valence-corrected chi connectivity index (χ1v) is 44.9. The van der Waals surface area contributed by atoms with E-state index in [1.54, 1.807) is 0 Å². The number of rotatable bonds is 12. The fourth-order valence-electron chi connectivity index (χ4n) is 13.4. The van der Waals surface area contributed by atoms with Gasteiger partial charge in [0.1, 0.15) is 0 Å². The third-order valence-corrected chi connectivity index (χ3v) is 27.6. The van der Waals surface area contributed by atoms with Crippen LogP contribution in [0.5, 0.6) is 0 Å². The molecule has 0 bridgehead atoms. The molecule has 0 radical (unpaired) electrons. The van der Waals surface area contributed by atoms with E-state index in [2.05, 4.69) is 310 Å². The first kappa shape index (κ1) is 103. The van der Waals surface area contributed by atoms with Gasteiger partial charge in [-0.2, -0.15) is 172 Å². The monoisotopic (exact) mass is 1780 g/mol. The maximum atomic E-state index is 5.97. The molecule has 0 aliphatic heterocycles. The number of nitrogens with zero attached hydrogens (tertiary/aromatic N) is 1. The summed E-state index contributed by atoms with van der Waals surface area (Å²) in [5, 5.41) is 11.2. The standard InChI is InChI=1S/C29H36NP.C29H32NP.C7H8.7C7H7.CH3.2Zr/c2*1-22(2)27-20-13-21-28(23(3)4)29(27)30-31(26-18-11-12-19-26,24-14-7-5-8-15-24)25-16-9-6-10-17-25;8*1-7-5-3-2-4-6-7;;;/h5-10,13-17,20-23,26H,11-12,18-19H2,1-4H3;5-23,30H,1-4H3;2-6H,1H3;7*2-6H,1H2;1H3;;/q;;;8*-1;2*+4. The third-order valence-electron chi connectivity index (χ3n) is 19.6. The van der Waals surface area contributed by atoms with Crippen molar-refractivity contribution in [3.8, 4) is 0 Å². The first-order valence-electron chi connectivity index (χ1n) is 41.3. The van der Waals surface area contributed by atoms with Crippen LogP contribution in [0, 0.1) is 62.8 Å². The summed E-state index contributed by atoms with van der Waals surface area (Å²) in [6, 6.07) is 137. The summed E-state index contributed by atoms with van der Waals surface area (Å²) in [5.74, 6) is 1.78. The number of aryl methyl sites for hydroxylation is 1. The molecule has 121 heavy (non-hydrogen) atoms. The predicted molar refractivity (Wildman–Crippen MR) is 533 cm³/mol. The molecular formula is C115H128N2P2Zr2. The molecule has 1 saturated carbocycles. The van der Waals surface area contributed by atoms with E-state index in [9.17, 15) is 0 Å². The Balaban J connectivity index is 0.000000309. The Morgan fingerprint density at radius 3 is 0.702 bits per heavy atom. The van der Waals surface area contributed by atoms with Gasteiger partial charge >= 0.3 is 52.4 Å². The summed E-state index contributed by atoms with van der Waals surface area (Å²) >= 11 is 0. The molecule has 0 saturated heterocycles. The summed E-state index contributed by atoms with van der Waals surface area (Å²) < 4.78 is 5.97. The Hall–Kier alpha value is -10.3. The van der Waals surface area contributed by atoms with Gasteiger partial charge in [0.05, 0.1) is 5.69 Å². The molecule has 0 aromatic heterocycles. The topological polar surface area (TPSA) is 24.4 Å². The maximum Gasteiger partial charge on any atom is 4.00 e. The molecule has 2 aliphatic carbocycles. The van der Waals surface area contributed by atoms with Crippen LogP contribution in [0.1, 0.15) is 172 Å². The normalized spacial score (nSPS) is 11.3. The number of nitrogens with one attached hydrogen (secondary N) is 1. The second kappa shape index (κ2) is 57.9. The quantitative estimate of drug-likeness (QED) is 0.0957. The average Bonchev–Trinajstić information content (AvgIpc) is 1.70. The molecule has 0 amide bonds. The first-order chi connectivity index (χ1) is 57.2. The third kappa shape index (κ3) is 35.4. The van der Waals surface area contributed by atoms with Crippen molar-refractivity contribution in [3.63, 3.8) is 0 Å². The zero-order valence-corrected chi connectivity index (χ0v) is 80.1. The molecule has 14 aromatic rings. The van der Waals surface area contributed by atoms with Crippen molar-refractivity contribution in [1.29, 1.82) is 0 Å². The second-order valence-corrected chi connectivity index (χ2v) is 36.7. The smallest absolute Gasteiger partial charge is 0.358 e. The fraction of sp³-hybridized carbons (Fsp3) is 0.157. The van der Waals surface area contributed by atoms with Gasteiger partial charge in [0.15, 0.2) is 0 Å². The fourth-order valence-corrected chi connectivity index (χ4v) is 21.6. The molecule has 0 unspecified atom stereocenters. The van der Waals surface area contributed by atoms with E-state index in [-0.39, 0.29) is 59.8 Å². The molecule has 0 atom stereocenters. The number of para-hydroxylation sites is 1. The van der Waals surface area contributed by atoms with Gasteiger partial charge in [-0.15, -0.1) is 84.9 Å². The van der Waals surface area contributed by atoms with Crippen LogP contribution in [0.2, 0.25) is 0 Å². The summed E-state index contributed by atoms with van der Waals surface area (Å²) in [4.78, 5) is 0. The number of hydrogen-bond donors (Lipinski definition) is 1.